The number of rotatable bonds is 10. The van der Waals surface area contributed by atoms with Gasteiger partial charge in [-0.15, -0.1) is 0 Å². The first-order valence-electron chi connectivity index (χ1n) is 20.6. The number of carbonyl (C=O) groups excluding carboxylic acids is 2. The first-order valence-corrected chi connectivity index (χ1v) is 21.0. The molecule has 0 radical (unpaired) electrons. The van der Waals surface area contributed by atoms with Crippen LogP contribution in [-0.4, -0.2) is 86.0 Å². The van der Waals surface area contributed by atoms with E-state index >= 15 is 0 Å². The summed E-state index contributed by atoms with van der Waals surface area (Å²) in [5.74, 6) is 2.01. The molecule has 1 amide bonds. The molecule has 2 saturated heterocycles. The summed E-state index contributed by atoms with van der Waals surface area (Å²) in [6.07, 6.45) is 8.82. The topological polar surface area (TPSA) is 124 Å². The number of aryl methyl sites for hydroxylation is 1. The van der Waals surface area contributed by atoms with Crippen molar-refractivity contribution in [3.8, 4) is 0 Å². The van der Waals surface area contributed by atoms with Gasteiger partial charge in [-0.05, 0) is 88.6 Å². The van der Waals surface area contributed by atoms with E-state index in [9.17, 15) is 9.59 Å². The number of carbonyl (C=O) groups is 2. The lowest BCUT2D eigenvalue weighted by molar-refractivity contribution is 0.124. The fourth-order valence-electron chi connectivity index (χ4n) is 7.13. The van der Waals surface area contributed by atoms with Crippen molar-refractivity contribution < 1.29 is 19.1 Å². The van der Waals surface area contributed by atoms with Crippen LogP contribution in [0.1, 0.15) is 77.0 Å². The molecule has 0 N–H and O–H groups in total. The summed E-state index contributed by atoms with van der Waals surface area (Å²) < 4.78 is 14.2. The zero-order chi connectivity index (χ0) is 41.9. The van der Waals surface area contributed by atoms with Crippen LogP contribution in [0, 0.1) is 0 Å². The highest BCUT2D eigenvalue weighted by Gasteiger charge is 2.24. The molecule has 14 heteroatoms. The van der Waals surface area contributed by atoms with Crippen LogP contribution in [0.2, 0.25) is 0 Å². The largest absolute Gasteiger partial charge is 0.451 e. The Kier molecular flexibility index (Phi) is 14.8. The van der Waals surface area contributed by atoms with Crippen molar-refractivity contribution in [2.45, 2.75) is 92.0 Å². The van der Waals surface area contributed by atoms with E-state index in [1.165, 1.54) is 47.3 Å². The molecular weight excluding hydrogens is 766 g/mol. The first-order chi connectivity index (χ1) is 28.5. The number of pyridine rings is 2. The van der Waals surface area contributed by atoms with Crippen LogP contribution in [0.5, 0.6) is 0 Å². The molecule has 2 fully saturated rings. The van der Waals surface area contributed by atoms with Crippen LogP contribution in [0.25, 0.3) is 22.3 Å². The van der Waals surface area contributed by atoms with Gasteiger partial charge in [0, 0.05) is 51.0 Å². The Morgan fingerprint density at radius 3 is 1.56 bits per heavy atom. The second kappa shape index (κ2) is 20.3. The number of amides is 1. The fraction of sp³-hybridized carbons (Fsp3) is 0.422. The average molecular weight is 822 g/mol. The third-order valence-electron chi connectivity index (χ3n) is 10.1. The molecule has 4 aromatic heterocycles. The summed E-state index contributed by atoms with van der Waals surface area (Å²) in [7, 11) is 1.70. The van der Waals surface area contributed by atoms with Crippen molar-refractivity contribution >= 4 is 63.0 Å². The molecule has 2 aliphatic rings. The maximum Gasteiger partial charge on any atom is 0.414 e. The fourth-order valence-corrected chi connectivity index (χ4v) is 7.31. The predicted molar refractivity (Wildman–Crippen MR) is 236 cm³/mol. The Labute approximate surface area is 351 Å². The second-order valence-corrected chi connectivity index (χ2v) is 15.6. The molecule has 2 aromatic carbocycles. The number of halogens is 1. The van der Waals surface area contributed by atoms with E-state index < -0.39 is 11.5 Å². The standard InChI is InChI=1S/C22H27N5O2.C19H22N4.C4H7ClO2/c1-16(2)29-22(28)25(3)18-13-19-20(23-14-18)24-21(26-11-7-8-12-26)27(19)15-17-9-5-4-6-10-17;1-2-15-12-17-18(20-13-15)21-19(22-10-6-7-11-22)23(17)14-16-8-4-3-5-9-16;1-3(2)7-4(5)6/h4-6,9-10,13-14,16H,7-8,11-12,15H2,1-3H3;3-5,8-9,12-13H,2,6-7,10-11,14H2,1H3;3H,1-2H3. The Morgan fingerprint density at radius 2 is 1.14 bits per heavy atom. The van der Waals surface area contributed by atoms with Gasteiger partial charge in [-0.25, -0.2) is 19.6 Å². The molecule has 0 aliphatic carbocycles. The van der Waals surface area contributed by atoms with E-state index in [-0.39, 0.29) is 12.2 Å². The molecule has 13 nitrogen and oxygen atoms in total. The molecule has 0 unspecified atom stereocenters. The van der Waals surface area contributed by atoms with E-state index in [1.54, 1.807) is 27.1 Å². The van der Waals surface area contributed by atoms with Gasteiger partial charge in [-0.2, -0.15) is 9.97 Å². The van der Waals surface area contributed by atoms with Crippen molar-refractivity contribution in [1.29, 1.82) is 0 Å². The van der Waals surface area contributed by atoms with Crippen LogP contribution >= 0.6 is 11.6 Å². The minimum atomic E-state index is -0.741. The van der Waals surface area contributed by atoms with E-state index in [0.717, 1.165) is 67.7 Å². The molecule has 2 aliphatic heterocycles. The molecule has 0 atom stereocenters. The third-order valence-corrected chi connectivity index (χ3v) is 10.2. The molecule has 0 saturated carbocycles. The van der Waals surface area contributed by atoms with Gasteiger partial charge in [0.2, 0.25) is 11.9 Å². The molecule has 6 heterocycles. The monoisotopic (exact) mass is 821 g/mol. The van der Waals surface area contributed by atoms with Crippen molar-refractivity contribution in [3.05, 3.63) is 102 Å². The van der Waals surface area contributed by atoms with E-state index in [4.69, 9.17) is 26.3 Å². The molecule has 0 bridgehead atoms. The lowest BCUT2D eigenvalue weighted by Gasteiger charge is -2.20. The van der Waals surface area contributed by atoms with Gasteiger partial charge in [0.05, 0.1) is 48.2 Å². The lowest BCUT2D eigenvalue weighted by atomic mass is 10.2. The Balaban J connectivity index is 0.000000174. The van der Waals surface area contributed by atoms with Gasteiger partial charge in [-0.1, -0.05) is 67.6 Å². The Hall–Kier alpha value is -5.69. The number of hydrogen-bond acceptors (Lipinski definition) is 10. The number of fused-ring (bicyclic) bond motifs is 2. The Bertz CT molecular complexity index is 2280. The summed E-state index contributed by atoms with van der Waals surface area (Å²) in [4.78, 5) is 47.1. The third kappa shape index (κ3) is 11.3. The van der Waals surface area contributed by atoms with Gasteiger partial charge in [-0.3, -0.25) is 4.90 Å². The number of ether oxygens (including phenoxy) is 2. The van der Waals surface area contributed by atoms with Crippen LogP contribution in [-0.2, 0) is 29.0 Å². The summed E-state index contributed by atoms with van der Waals surface area (Å²) in [5.41, 5.74) is 7.32. The smallest absolute Gasteiger partial charge is 0.414 e. The maximum absolute atomic E-state index is 12.3. The van der Waals surface area contributed by atoms with Gasteiger partial charge < -0.3 is 28.4 Å². The zero-order valence-corrected chi connectivity index (χ0v) is 35.8. The highest BCUT2D eigenvalue weighted by molar-refractivity contribution is 6.61. The van der Waals surface area contributed by atoms with E-state index in [2.05, 4.69) is 89.1 Å². The zero-order valence-electron chi connectivity index (χ0n) is 35.1. The van der Waals surface area contributed by atoms with Crippen molar-refractivity contribution in [3.63, 3.8) is 0 Å². The van der Waals surface area contributed by atoms with Crippen LogP contribution in [0.3, 0.4) is 0 Å². The molecular formula is C45H56ClN9O4. The average Bonchev–Trinajstić information content (AvgIpc) is 4.06. The van der Waals surface area contributed by atoms with Gasteiger partial charge >= 0.3 is 11.5 Å². The summed E-state index contributed by atoms with van der Waals surface area (Å²) in [5, 5.41) is 0. The minimum absolute atomic E-state index is 0.106. The summed E-state index contributed by atoms with van der Waals surface area (Å²) >= 11 is 4.81. The number of nitrogens with zero attached hydrogens (tertiary/aromatic N) is 9. The number of aromatic nitrogens is 6. The van der Waals surface area contributed by atoms with Crippen molar-refractivity contribution in [2.75, 3.05) is 47.9 Å². The predicted octanol–water partition coefficient (Wildman–Crippen LogP) is 9.47. The lowest BCUT2D eigenvalue weighted by Crippen LogP contribution is -2.29. The highest BCUT2D eigenvalue weighted by Crippen LogP contribution is 2.29. The van der Waals surface area contributed by atoms with Crippen molar-refractivity contribution in [2.24, 2.45) is 0 Å². The molecule has 6 aromatic rings. The summed E-state index contributed by atoms with van der Waals surface area (Å²) in [6.45, 7) is 15.1. The van der Waals surface area contributed by atoms with Crippen LogP contribution in [0.4, 0.5) is 27.2 Å². The van der Waals surface area contributed by atoms with Gasteiger partial charge in [0.1, 0.15) is 0 Å². The number of anilines is 3. The number of benzene rings is 2. The molecule has 0 spiro atoms. The van der Waals surface area contributed by atoms with Crippen molar-refractivity contribution in [1.82, 2.24) is 29.1 Å². The summed E-state index contributed by atoms with van der Waals surface area (Å²) in [6, 6.07) is 25.2. The highest BCUT2D eigenvalue weighted by atomic mass is 35.5. The second-order valence-electron chi connectivity index (χ2n) is 15.3. The van der Waals surface area contributed by atoms with E-state index in [1.807, 2.05) is 44.3 Å². The minimum Gasteiger partial charge on any atom is -0.451 e. The molecule has 8 rings (SSSR count). The van der Waals surface area contributed by atoms with E-state index in [0.29, 0.717) is 17.9 Å². The number of imidazole rings is 2. The quantitative estimate of drug-likeness (QED) is 0.124. The Morgan fingerprint density at radius 1 is 0.678 bits per heavy atom. The molecule has 312 valence electrons. The van der Waals surface area contributed by atoms with Crippen LogP contribution < -0.4 is 14.7 Å². The van der Waals surface area contributed by atoms with Gasteiger partial charge in [0.15, 0.2) is 11.3 Å². The maximum atomic E-state index is 12.3. The SMILES string of the molecule is CC(C)OC(=O)Cl.CC(C)OC(=O)N(C)c1cnc2nc(N3CCCC3)n(Cc3ccccc3)c2c1.CCc1cnc2nc(N3CCCC3)n(Cc3ccccc3)c2c1. The van der Waals surface area contributed by atoms with Gasteiger partial charge in [0.25, 0.3) is 0 Å². The first kappa shape index (κ1) is 42.9. The van der Waals surface area contributed by atoms with Crippen LogP contribution in [0.15, 0.2) is 85.2 Å². The normalized spacial score (nSPS) is 13.7. The number of hydrogen-bond donors (Lipinski definition) is 0. The molecule has 59 heavy (non-hydrogen) atoms.